The van der Waals surface area contributed by atoms with Crippen molar-refractivity contribution in [2.24, 2.45) is 0 Å². The van der Waals surface area contributed by atoms with Gasteiger partial charge in [-0.15, -0.1) is 0 Å². The fourth-order valence-corrected chi connectivity index (χ4v) is 5.48. The number of hydrogen-bond acceptors (Lipinski definition) is 3. The zero-order chi connectivity index (χ0) is 15.7. The van der Waals surface area contributed by atoms with Crippen LogP contribution in [0.15, 0.2) is 23.1 Å². The highest BCUT2D eigenvalue weighted by Crippen LogP contribution is 2.29. The summed E-state index contributed by atoms with van der Waals surface area (Å²) in [5.41, 5.74) is 1.03. The van der Waals surface area contributed by atoms with Gasteiger partial charge in [-0.2, -0.15) is 4.31 Å². The predicted molar refractivity (Wildman–Crippen MR) is 88.8 cm³/mol. The molecule has 2 saturated heterocycles. The second kappa shape index (κ2) is 6.48. The lowest BCUT2D eigenvalue weighted by Gasteiger charge is -2.24. The van der Waals surface area contributed by atoms with E-state index in [1.807, 2.05) is 6.07 Å². The molecular formula is C16H23ClN2O2S. The Hall–Kier alpha value is -0.620. The maximum absolute atomic E-state index is 13.0. The van der Waals surface area contributed by atoms with E-state index in [2.05, 4.69) is 12.2 Å². The minimum atomic E-state index is -3.52. The number of nitrogens with one attached hydrogen (secondary N) is 1. The molecular weight excluding hydrogens is 320 g/mol. The van der Waals surface area contributed by atoms with Crippen LogP contribution in [0.5, 0.6) is 0 Å². The molecule has 2 atom stereocenters. The first-order valence-electron chi connectivity index (χ1n) is 8.05. The van der Waals surface area contributed by atoms with E-state index in [0.717, 1.165) is 37.7 Å². The standard InChI is InChI=1S/C16H23ClN2O2S/c1-2-3-12-4-7-15(17)16(10-12)22(20,21)19-9-8-13-5-6-14(11-19)18-13/h4,7,10,13-14,18H,2-3,5-6,8-9,11H2,1H3. The van der Waals surface area contributed by atoms with Crippen LogP contribution >= 0.6 is 11.6 Å². The Morgan fingerprint density at radius 1 is 1.27 bits per heavy atom. The van der Waals surface area contributed by atoms with Crippen LogP contribution in [-0.4, -0.2) is 37.9 Å². The van der Waals surface area contributed by atoms with Gasteiger partial charge < -0.3 is 5.32 Å². The van der Waals surface area contributed by atoms with E-state index in [1.165, 1.54) is 0 Å². The molecule has 0 radical (unpaired) electrons. The molecule has 2 aliphatic heterocycles. The molecule has 0 spiro atoms. The smallest absolute Gasteiger partial charge is 0.244 e. The maximum Gasteiger partial charge on any atom is 0.244 e. The van der Waals surface area contributed by atoms with Crippen LogP contribution in [-0.2, 0) is 16.4 Å². The van der Waals surface area contributed by atoms with Crippen molar-refractivity contribution < 1.29 is 8.42 Å². The van der Waals surface area contributed by atoms with Gasteiger partial charge in [0.05, 0.1) is 5.02 Å². The fourth-order valence-electron chi connectivity index (χ4n) is 3.46. The van der Waals surface area contributed by atoms with Gasteiger partial charge in [0.2, 0.25) is 10.0 Å². The van der Waals surface area contributed by atoms with E-state index in [1.54, 1.807) is 16.4 Å². The SMILES string of the molecule is CCCc1ccc(Cl)c(S(=O)(=O)N2CCC3CCC(C2)N3)c1. The van der Waals surface area contributed by atoms with Gasteiger partial charge in [0.25, 0.3) is 0 Å². The summed E-state index contributed by atoms with van der Waals surface area (Å²) in [7, 11) is -3.52. The van der Waals surface area contributed by atoms with Gasteiger partial charge >= 0.3 is 0 Å². The Morgan fingerprint density at radius 3 is 2.82 bits per heavy atom. The minimum Gasteiger partial charge on any atom is -0.310 e. The normalized spacial score (nSPS) is 26.1. The third-order valence-corrected chi connectivity index (χ3v) is 6.98. The molecule has 0 amide bonds. The molecule has 2 unspecified atom stereocenters. The fraction of sp³-hybridized carbons (Fsp3) is 0.625. The van der Waals surface area contributed by atoms with Crippen molar-refractivity contribution in [2.75, 3.05) is 13.1 Å². The van der Waals surface area contributed by atoms with Crippen molar-refractivity contribution in [1.29, 1.82) is 0 Å². The molecule has 1 aromatic carbocycles. The molecule has 2 heterocycles. The molecule has 2 fully saturated rings. The summed E-state index contributed by atoms with van der Waals surface area (Å²) in [5, 5.41) is 3.84. The summed E-state index contributed by atoms with van der Waals surface area (Å²) in [6.07, 6.45) is 4.94. The topological polar surface area (TPSA) is 49.4 Å². The van der Waals surface area contributed by atoms with Crippen molar-refractivity contribution in [1.82, 2.24) is 9.62 Å². The molecule has 22 heavy (non-hydrogen) atoms. The van der Waals surface area contributed by atoms with Crippen LogP contribution in [0.1, 0.15) is 38.2 Å². The third-order valence-electron chi connectivity index (χ3n) is 4.64. The highest BCUT2D eigenvalue weighted by atomic mass is 35.5. The lowest BCUT2D eigenvalue weighted by Crippen LogP contribution is -2.39. The van der Waals surface area contributed by atoms with E-state index >= 15 is 0 Å². The van der Waals surface area contributed by atoms with Gasteiger partial charge in [-0.05, 0) is 43.4 Å². The maximum atomic E-state index is 13.0. The number of sulfonamides is 1. The molecule has 2 bridgehead atoms. The Bertz CT molecular complexity index is 648. The summed E-state index contributed by atoms with van der Waals surface area (Å²) in [4.78, 5) is 0.262. The van der Waals surface area contributed by atoms with Gasteiger partial charge in [0, 0.05) is 25.2 Å². The molecule has 1 N–H and O–H groups in total. The molecule has 0 aliphatic carbocycles. The van der Waals surface area contributed by atoms with Crippen LogP contribution in [0.4, 0.5) is 0 Å². The zero-order valence-electron chi connectivity index (χ0n) is 12.9. The summed E-state index contributed by atoms with van der Waals surface area (Å²) in [6.45, 7) is 3.21. The van der Waals surface area contributed by atoms with E-state index in [4.69, 9.17) is 11.6 Å². The van der Waals surface area contributed by atoms with Gasteiger partial charge in [-0.3, -0.25) is 0 Å². The van der Waals surface area contributed by atoms with Crippen molar-refractivity contribution in [3.63, 3.8) is 0 Å². The Morgan fingerprint density at radius 2 is 2.05 bits per heavy atom. The van der Waals surface area contributed by atoms with E-state index < -0.39 is 10.0 Å². The van der Waals surface area contributed by atoms with Gasteiger partial charge in [-0.1, -0.05) is 31.0 Å². The van der Waals surface area contributed by atoms with E-state index in [-0.39, 0.29) is 10.9 Å². The highest BCUT2D eigenvalue weighted by molar-refractivity contribution is 7.89. The number of rotatable bonds is 4. The van der Waals surface area contributed by atoms with Gasteiger partial charge in [-0.25, -0.2) is 8.42 Å². The predicted octanol–water partition coefficient (Wildman–Crippen LogP) is 2.81. The number of benzene rings is 1. The summed E-state index contributed by atoms with van der Waals surface area (Å²) in [6, 6.07) is 6.11. The number of nitrogens with zero attached hydrogens (tertiary/aromatic N) is 1. The van der Waals surface area contributed by atoms with E-state index in [9.17, 15) is 8.42 Å². The first-order chi connectivity index (χ1) is 10.5. The van der Waals surface area contributed by atoms with Gasteiger partial charge in [0.15, 0.2) is 0 Å². The molecule has 6 heteroatoms. The van der Waals surface area contributed by atoms with Crippen molar-refractivity contribution in [3.05, 3.63) is 28.8 Å². The lowest BCUT2D eigenvalue weighted by atomic mass is 10.1. The second-order valence-electron chi connectivity index (χ2n) is 6.30. The lowest BCUT2D eigenvalue weighted by molar-refractivity contribution is 0.383. The Kier molecular flexibility index (Phi) is 4.78. The van der Waals surface area contributed by atoms with Crippen LogP contribution in [0.25, 0.3) is 0 Å². The van der Waals surface area contributed by atoms with Crippen molar-refractivity contribution >= 4 is 21.6 Å². The van der Waals surface area contributed by atoms with Gasteiger partial charge in [0.1, 0.15) is 4.90 Å². The number of halogens is 1. The monoisotopic (exact) mass is 342 g/mol. The van der Waals surface area contributed by atoms with Crippen LogP contribution in [0, 0.1) is 0 Å². The highest BCUT2D eigenvalue weighted by Gasteiger charge is 2.35. The number of fused-ring (bicyclic) bond motifs is 2. The molecule has 3 rings (SSSR count). The summed E-state index contributed by atoms with van der Waals surface area (Å²) >= 11 is 6.20. The number of aryl methyl sites for hydroxylation is 1. The first-order valence-corrected chi connectivity index (χ1v) is 9.87. The minimum absolute atomic E-state index is 0.262. The molecule has 1 aromatic rings. The second-order valence-corrected chi connectivity index (χ2v) is 8.62. The van der Waals surface area contributed by atoms with Crippen molar-refractivity contribution in [2.45, 2.75) is 56.0 Å². The van der Waals surface area contributed by atoms with Crippen molar-refractivity contribution in [3.8, 4) is 0 Å². The average Bonchev–Trinajstić information content (AvgIpc) is 2.79. The zero-order valence-corrected chi connectivity index (χ0v) is 14.5. The summed E-state index contributed by atoms with van der Waals surface area (Å²) in [5.74, 6) is 0. The van der Waals surface area contributed by atoms with Crippen LogP contribution in [0.2, 0.25) is 5.02 Å². The largest absolute Gasteiger partial charge is 0.310 e. The quantitative estimate of drug-likeness (QED) is 0.915. The summed E-state index contributed by atoms with van der Waals surface area (Å²) < 4.78 is 27.6. The average molecular weight is 343 g/mol. The number of hydrogen-bond donors (Lipinski definition) is 1. The molecule has 2 aliphatic rings. The Labute approximate surface area is 137 Å². The van der Waals surface area contributed by atoms with E-state index in [0.29, 0.717) is 24.2 Å². The first kappa shape index (κ1) is 16.2. The molecule has 122 valence electrons. The molecule has 0 saturated carbocycles. The third kappa shape index (κ3) is 3.18. The molecule has 4 nitrogen and oxygen atoms in total. The van der Waals surface area contributed by atoms with Crippen LogP contribution < -0.4 is 5.32 Å². The van der Waals surface area contributed by atoms with Crippen LogP contribution in [0.3, 0.4) is 0 Å². The molecule has 0 aromatic heterocycles. The Balaban J connectivity index is 1.90.